The van der Waals surface area contributed by atoms with Gasteiger partial charge >= 0.3 is 0 Å². The summed E-state index contributed by atoms with van der Waals surface area (Å²) < 4.78 is 0. The summed E-state index contributed by atoms with van der Waals surface area (Å²) in [5.74, 6) is 0.386. The molecule has 0 atom stereocenters. The van der Waals surface area contributed by atoms with E-state index in [4.69, 9.17) is 11.6 Å². The van der Waals surface area contributed by atoms with Crippen LogP contribution in [0.5, 0.6) is 0 Å². The highest BCUT2D eigenvalue weighted by Crippen LogP contribution is 2.22. The van der Waals surface area contributed by atoms with E-state index in [9.17, 15) is 4.79 Å². The minimum atomic E-state index is -0.180. The summed E-state index contributed by atoms with van der Waals surface area (Å²) in [5.41, 5.74) is 4.85. The lowest BCUT2D eigenvalue weighted by molar-refractivity contribution is 1.13. The molecule has 0 aliphatic rings. The average Bonchev–Trinajstić information content (AvgIpc) is 2.52. The lowest BCUT2D eigenvalue weighted by atomic mass is 10.1. The summed E-state index contributed by atoms with van der Waals surface area (Å²) in [7, 11) is 0. The second-order valence-corrected chi connectivity index (χ2v) is 6.13. The van der Waals surface area contributed by atoms with Gasteiger partial charge in [-0.1, -0.05) is 41.9 Å². The molecule has 3 nitrogen and oxygen atoms in total. The van der Waals surface area contributed by atoms with Crippen LogP contribution in [0.2, 0.25) is 0 Å². The molecular formula is C19H17ClN2O. The van der Waals surface area contributed by atoms with Crippen LogP contribution >= 0.6 is 11.6 Å². The molecule has 116 valence electrons. The van der Waals surface area contributed by atoms with Gasteiger partial charge in [-0.3, -0.25) is 4.79 Å². The Bertz CT molecular complexity index is 986. The van der Waals surface area contributed by atoms with E-state index in [1.54, 1.807) is 6.07 Å². The van der Waals surface area contributed by atoms with Crippen molar-refractivity contribution in [2.24, 2.45) is 0 Å². The first-order valence-corrected chi connectivity index (χ1v) is 7.78. The lowest BCUT2D eigenvalue weighted by Gasteiger charge is -2.05. The van der Waals surface area contributed by atoms with E-state index in [-0.39, 0.29) is 5.56 Å². The summed E-state index contributed by atoms with van der Waals surface area (Å²) in [6, 6.07) is 11.6. The van der Waals surface area contributed by atoms with Crippen molar-refractivity contribution in [3.8, 4) is 0 Å². The maximum absolute atomic E-state index is 12.2. The molecule has 0 aliphatic carbocycles. The molecule has 0 bridgehead atoms. The van der Waals surface area contributed by atoms with Gasteiger partial charge in [0.25, 0.3) is 5.56 Å². The Labute approximate surface area is 139 Å². The number of rotatable bonds is 2. The topological polar surface area (TPSA) is 45.8 Å². The molecule has 3 aromatic rings. The standard InChI is InChI=1S/C19H17ClN2O/c1-11-7-8-14(9-13(11)3)10-16(20)18-21-17-12(2)5-4-6-15(17)19(23)22-18/h4-10H,1-3H3,(H,21,22,23). The molecule has 1 aromatic heterocycles. The van der Waals surface area contributed by atoms with Gasteiger partial charge in [0, 0.05) is 0 Å². The Morgan fingerprint density at radius 1 is 1.09 bits per heavy atom. The number of H-pyrrole nitrogens is 1. The van der Waals surface area contributed by atoms with Crippen molar-refractivity contribution in [1.29, 1.82) is 0 Å². The van der Waals surface area contributed by atoms with Crippen LogP contribution in [0.1, 0.15) is 28.1 Å². The zero-order valence-electron chi connectivity index (χ0n) is 13.3. The third kappa shape index (κ3) is 3.06. The first-order valence-electron chi connectivity index (χ1n) is 7.40. The zero-order chi connectivity index (χ0) is 16.6. The lowest BCUT2D eigenvalue weighted by Crippen LogP contribution is -2.11. The molecule has 0 aliphatic heterocycles. The highest BCUT2D eigenvalue weighted by Gasteiger charge is 2.08. The normalized spacial score (nSPS) is 11.9. The minimum Gasteiger partial charge on any atom is -0.305 e. The van der Waals surface area contributed by atoms with E-state index in [1.165, 1.54) is 11.1 Å². The number of aromatic amines is 1. The number of para-hydroxylation sites is 1. The Morgan fingerprint density at radius 2 is 1.87 bits per heavy atom. The first kappa shape index (κ1) is 15.5. The van der Waals surface area contributed by atoms with E-state index < -0.39 is 0 Å². The summed E-state index contributed by atoms with van der Waals surface area (Å²) in [6.45, 7) is 6.05. The van der Waals surface area contributed by atoms with Crippen LogP contribution in [0, 0.1) is 20.8 Å². The van der Waals surface area contributed by atoms with Crippen molar-refractivity contribution in [1.82, 2.24) is 9.97 Å². The van der Waals surface area contributed by atoms with E-state index in [1.807, 2.05) is 37.3 Å². The number of benzene rings is 2. The van der Waals surface area contributed by atoms with E-state index in [0.29, 0.717) is 21.8 Å². The molecule has 0 radical (unpaired) electrons. The van der Waals surface area contributed by atoms with Gasteiger partial charge in [-0.05, 0) is 55.2 Å². The largest absolute Gasteiger partial charge is 0.305 e. The number of fused-ring (bicyclic) bond motifs is 1. The summed E-state index contributed by atoms with van der Waals surface area (Å²) in [5, 5.41) is 0.986. The van der Waals surface area contributed by atoms with Gasteiger partial charge in [0.1, 0.15) is 0 Å². The molecule has 0 amide bonds. The second-order valence-electron chi connectivity index (χ2n) is 5.72. The van der Waals surface area contributed by atoms with Crippen LogP contribution in [0.4, 0.5) is 0 Å². The molecule has 23 heavy (non-hydrogen) atoms. The maximum atomic E-state index is 12.2. The predicted molar refractivity (Wildman–Crippen MR) is 96.7 cm³/mol. The first-order chi connectivity index (χ1) is 11.0. The van der Waals surface area contributed by atoms with Crippen LogP contribution < -0.4 is 5.56 Å². The van der Waals surface area contributed by atoms with Crippen LogP contribution in [0.15, 0.2) is 41.2 Å². The molecule has 0 saturated carbocycles. The fraction of sp³-hybridized carbons (Fsp3) is 0.158. The maximum Gasteiger partial charge on any atom is 0.259 e. The number of nitrogens with zero attached hydrogens (tertiary/aromatic N) is 1. The van der Waals surface area contributed by atoms with Crippen molar-refractivity contribution in [2.45, 2.75) is 20.8 Å². The smallest absolute Gasteiger partial charge is 0.259 e. The summed E-state index contributed by atoms with van der Waals surface area (Å²) >= 11 is 6.39. The monoisotopic (exact) mass is 324 g/mol. The number of hydrogen-bond donors (Lipinski definition) is 1. The third-order valence-corrected chi connectivity index (χ3v) is 4.28. The molecule has 0 spiro atoms. The van der Waals surface area contributed by atoms with Crippen molar-refractivity contribution >= 4 is 33.6 Å². The van der Waals surface area contributed by atoms with Crippen LogP contribution in [-0.2, 0) is 0 Å². The van der Waals surface area contributed by atoms with Gasteiger partial charge in [-0.2, -0.15) is 0 Å². The van der Waals surface area contributed by atoms with Crippen molar-refractivity contribution in [3.05, 3.63) is 74.8 Å². The van der Waals surface area contributed by atoms with Crippen molar-refractivity contribution < 1.29 is 0 Å². The zero-order valence-corrected chi connectivity index (χ0v) is 14.0. The fourth-order valence-corrected chi connectivity index (χ4v) is 2.70. The van der Waals surface area contributed by atoms with Gasteiger partial charge in [-0.15, -0.1) is 0 Å². The van der Waals surface area contributed by atoms with Gasteiger partial charge in [0.2, 0.25) is 0 Å². The Balaban J connectivity index is 2.12. The molecule has 4 heteroatoms. The predicted octanol–water partition coefficient (Wildman–Crippen LogP) is 4.59. The van der Waals surface area contributed by atoms with Gasteiger partial charge in [-0.25, -0.2) is 4.98 Å². The Hall–Kier alpha value is -2.39. The van der Waals surface area contributed by atoms with Gasteiger partial charge in [0.15, 0.2) is 5.82 Å². The van der Waals surface area contributed by atoms with E-state index in [0.717, 1.165) is 11.1 Å². The molecule has 0 unspecified atom stereocenters. The summed E-state index contributed by atoms with van der Waals surface area (Å²) in [6.07, 6.45) is 1.82. The van der Waals surface area contributed by atoms with Crippen LogP contribution in [0.25, 0.3) is 22.0 Å². The number of nitrogens with one attached hydrogen (secondary N) is 1. The third-order valence-electron chi connectivity index (χ3n) is 3.99. The fourth-order valence-electron chi connectivity index (χ4n) is 2.49. The van der Waals surface area contributed by atoms with E-state index >= 15 is 0 Å². The Kier molecular flexibility index (Phi) is 4.05. The van der Waals surface area contributed by atoms with Crippen LogP contribution in [0.3, 0.4) is 0 Å². The van der Waals surface area contributed by atoms with Gasteiger partial charge in [0.05, 0.1) is 15.9 Å². The quantitative estimate of drug-likeness (QED) is 0.749. The van der Waals surface area contributed by atoms with E-state index in [2.05, 4.69) is 29.9 Å². The minimum absolute atomic E-state index is 0.180. The molecule has 1 N–H and O–H groups in total. The van der Waals surface area contributed by atoms with Crippen LogP contribution in [-0.4, -0.2) is 9.97 Å². The van der Waals surface area contributed by atoms with Gasteiger partial charge < -0.3 is 4.98 Å². The highest BCUT2D eigenvalue weighted by atomic mass is 35.5. The second kappa shape index (κ2) is 6.01. The number of hydrogen-bond acceptors (Lipinski definition) is 2. The molecule has 0 saturated heterocycles. The number of halogens is 1. The molecule has 1 heterocycles. The number of aryl methyl sites for hydroxylation is 3. The molecule has 3 rings (SSSR count). The molecule has 2 aromatic carbocycles. The molecule has 0 fully saturated rings. The number of aromatic nitrogens is 2. The molecular weight excluding hydrogens is 308 g/mol. The Morgan fingerprint density at radius 3 is 2.61 bits per heavy atom. The highest BCUT2D eigenvalue weighted by molar-refractivity contribution is 6.50. The van der Waals surface area contributed by atoms with Crippen molar-refractivity contribution in [3.63, 3.8) is 0 Å². The summed E-state index contributed by atoms with van der Waals surface area (Å²) in [4.78, 5) is 19.5. The average molecular weight is 325 g/mol. The van der Waals surface area contributed by atoms with Crippen molar-refractivity contribution in [2.75, 3.05) is 0 Å². The SMILES string of the molecule is Cc1ccc(C=C(Cl)c2nc3c(C)cccc3c(=O)[nH]2)cc1C.